The molecule has 0 amide bonds. The average Bonchev–Trinajstić information content (AvgIpc) is 2.95. The van der Waals surface area contributed by atoms with E-state index in [1.807, 2.05) is 24.3 Å². The number of hydrogen-bond donors (Lipinski definition) is 0. The van der Waals surface area contributed by atoms with Gasteiger partial charge in [-0.15, -0.1) is 18.5 Å². The van der Waals surface area contributed by atoms with Crippen LogP contribution in [-0.2, 0) is 5.16 Å². The summed E-state index contributed by atoms with van der Waals surface area (Å²) >= 11 is 0. The number of ether oxygens (including phenoxy) is 1. The molecule has 182 valence electrons. The molecule has 5 aromatic rings. The Bertz CT molecular complexity index is 1280. The highest BCUT2D eigenvalue weighted by Gasteiger charge is 2.33. The Morgan fingerprint density at radius 1 is 0.556 bits per heavy atom. The lowest BCUT2D eigenvalue weighted by Crippen LogP contribution is -2.22. The molecular weight excluding hydrogens is 493 g/mol. The van der Waals surface area contributed by atoms with E-state index in [4.69, 9.17) is 4.74 Å². The van der Waals surface area contributed by atoms with Gasteiger partial charge in [0.05, 0.1) is 12.3 Å². The zero-order valence-corrected chi connectivity index (χ0v) is 24.3. The largest absolute Gasteiger partial charge is 0.497 e. The van der Waals surface area contributed by atoms with Crippen molar-refractivity contribution in [3.8, 4) is 16.9 Å². The Labute approximate surface area is 223 Å². The number of rotatable bonds is 5. The van der Waals surface area contributed by atoms with E-state index in [2.05, 4.69) is 134 Å². The van der Waals surface area contributed by atoms with Gasteiger partial charge in [0.15, 0.2) is 0 Å². The third-order valence-corrected chi connectivity index (χ3v) is 7.37. The zero-order chi connectivity index (χ0) is 24.5. The molecule has 5 aromatic carbocycles. The second kappa shape index (κ2) is 13.5. The molecule has 0 heterocycles. The fourth-order valence-electron chi connectivity index (χ4n) is 4.18. The van der Waals surface area contributed by atoms with E-state index in [0.717, 1.165) is 5.75 Å². The minimum absolute atomic E-state index is 0. The molecule has 0 fully saturated rings. The summed E-state index contributed by atoms with van der Waals surface area (Å²) in [5.41, 5.74) is 6.31. The van der Waals surface area contributed by atoms with Crippen LogP contribution in [0.1, 0.15) is 16.7 Å². The van der Waals surface area contributed by atoms with Gasteiger partial charge in [0.25, 0.3) is 0 Å². The molecule has 0 aromatic heterocycles. The van der Waals surface area contributed by atoms with Crippen LogP contribution in [0.4, 0.5) is 0 Å². The van der Waals surface area contributed by atoms with Crippen LogP contribution in [0.15, 0.2) is 140 Å². The maximum Gasteiger partial charge on any atom is 0.118 e. The highest BCUT2D eigenvalue weighted by Crippen LogP contribution is 2.48. The second-order valence-electron chi connectivity index (χ2n) is 8.22. The number of benzene rings is 5. The highest BCUT2D eigenvalue weighted by molar-refractivity contribution is 7.27. The van der Waals surface area contributed by atoms with E-state index in [1.165, 1.54) is 33.1 Å². The molecule has 0 bridgehead atoms. The van der Waals surface area contributed by atoms with Crippen LogP contribution in [0.5, 0.6) is 5.75 Å². The summed E-state index contributed by atoms with van der Waals surface area (Å²) in [6.07, 6.45) is 0. The SMILES string of the molecule is COc1ccc(P)cc1.P.PC(c1ccccc1)(c1ccccc1)c1ccccc1-c1ccccc1. The summed E-state index contributed by atoms with van der Waals surface area (Å²) in [6, 6.07) is 48.6. The van der Waals surface area contributed by atoms with Crippen LogP contribution in [0.25, 0.3) is 11.1 Å². The third kappa shape index (κ3) is 6.49. The van der Waals surface area contributed by atoms with Gasteiger partial charge in [-0.3, -0.25) is 0 Å². The molecule has 0 N–H and O–H groups in total. The molecule has 1 nitrogen and oxygen atoms in total. The number of methoxy groups -OCH3 is 1. The quantitative estimate of drug-likeness (QED) is 0.168. The van der Waals surface area contributed by atoms with Gasteiger partial charge in [0, 0.05) is 0 Å². The molecule has 36 heavy (non-hydrogen) atoms. The smallest absolute Gasteiger partial charge is 0.118 e. The van der Waals surface area contributed by atoms with Crippen molar-refractivity contribution in [3.63, 3.8) is 0 Å². The summed E-state index contributed by atoms with van der Waals surface area (Å²) in [5.74, 6) is 0.904. The van der Waals surface area contributed by atoms with Crippen LogP contribution in [0.3, 0.4) is 0 Å². The van der Waals surface area contributed by atoms with Gasteiger partial charge < -0.3 is 4.74 Å². The van der Waals surface area contributed by atoms with Crippen LogP contribution in [0, 0.1) is 0 Å². The Kier molecular flexibility index (Phi) is 10.4. The van der Waals surface area contributed by atoms with Crippen molar-refractivity contribution in [2.24, 2.45) is 0 Å². The van der Waals surface area contributed by atoms with E-state index in [0.29, 0.717) is 0 Å². The van der Waals surface area contributed by atoms with Crippen LogP contribution in [0.2, 0.25) is 0 Å². The standard InChI is InChI=1S/C25H21P.C7H9OP.H3P/c26-25(21-14-6-2-7-15-21,22-16-8-3-9-17-22)24-19-11-10-18-23(24)20-12-4-1-5-13-20;1-8-6-2-4-7(9)5-3-6;/h1-19H,26H2;2-5H,9H2,1H3;1H3. The van der Waals surface area contributed by atoms with Crippen molar-refractivity contribution in [1.82, 2.24) is 0 Å². The maximum atomic E-state index is 4.96. The molecule has 0 spiro atoms. The lowest BCUT2D eigenvalue weighted by atomic mass is 9.80. The van der Waals surface area contributed by atoms with Gasteiger partial charge >= 0.3 is 0 Å². The molecule has 4 heteroatoms. The van der Waals surface area contributed by atoms with Gasteiger partial charge in [-0.1, -0.05) is 127 Å². The average molecular weight is 527 g/mol. The molecule has 0 aliphatic heterocycles. The van der Waals surface area contributed by atoms with Crippen molar-refractivity contribution >= 4 is 33.7 Å². The summed E-state index contributed by atoms with van der Waals surface area (Å²) in [6.45, 7) is 0. The van der Waals surface area contributed by atoms with Crippen molar-refractivity contribution in [1.29, 1.82) is 0 Å². The third-order valence-electron chi connectivity index (χ3n) is 6.01. The molecule has 3 atom stereocenters. The number of hydrogen-bond acceptors (Lipinski definition) is 1. The molecule has 0 radical (unpaired) electrons. The Morgan fingerprint density at radius 2 is 1.00 bits per heavy atom. The van der Waals surface area contributed by atoms with Crippen molar-refractivity contribution in [2.45, 2.75) is 5.16 Å². The van der Waals surface area contributed by atoms with E-state index in [-0.39, 0.29) is 15.1 Å². The molecule has 5 rings (SSSR count). The maximum absolute atomic E-state index is 4.96. The summed E-state index contributed by atoms with van der Waals surface area (Å²) < 4.78 is 4.96. The normalized spacial score (nSPS) is 10.4. The predicted octanol–water partition coefficient (Wildman–Crippen LogP) is 7.77. The monoisotopic (exact) mass is 526 g/mol. The molecule has 0 saturated carbocycles. The van der Waals surface area contributed by atoms with Crippen molar-refractivity contribution in [3.05, 3.63) is 156 Å². The van der Waals surface area contributed by atoms with Gasteiger partial charge in [-0.25, -0.2) is 0 Å². The van der Waals surface area contributed by atoms with E-state index in [1.54, 1.807) is 7.11 Å². The van der Waals surface area contributed by atoms with Crippen LogP contribution < -0.4 is 10.0 Å². The van der Waals surface area contributed by atoms with Crippen LogP contribution >= 0.6 is 28.4 Å². The first-order chi connectivity index (χ1) is 17.1. The molecule has 3 unspecified atom stereocenters. The van der Waals surface area contributed by atoms with E-state index in [9.17, 15) is 0 Å². The molecule has 0 aliphatic carbocycles. The van der Waals surface area contributed by atoms with Crippen molar-refractivity contribution < 1.29 is 4.74 Å². The first kappa shape index (κ1) is 27.8. The molecular formula is C32H33OP3. The minimum atomic E-state index is -0.311. The highest BCUT2D eigenvalue weighted by atomic mass is 31.0. The van der Waals surface area contributed by atoms with Gasteiger partial charge in [0.1, 0.15) is 5.75 Å². The summed E-state index contributed by atoms with van der Waals surface area (Å²) in [4.78, 5) is 0. The Balaban J connectivity index is 0.000000307. The molecule has 0 aliphatic rings. The minimum Gasteiger partial charge on any atom is -0.497 e. The van der Waals surface area contributed by atoms with Gasteiger partial charge in [-0.2, -0.15) is 9.90 Å². The lowest BCUT2D eigenvalue weighted by Gasteiger charge is -2.33. The van der Waals surface area contributed by atoms with Gasteiger partial charge in [-0.05, 0) is 45.3 Å². The predicted molar refractivity (Wildman–Crippen MR) is 168 cm³/mol. The zero-order valence-electron chi connectivity index (χ0n) is 20.5. The lowest BCUT2D eigenvalue weighted by molar-refractivity contribution is 0.415. The van der Waals surface area contributed by atoms with Crippen molar-refractivity contribution in [2.75, 3.05) is 7.11 Å². The van der Waals surface area contributed by atoms with Gasteiger partial charge in [0.2, 0.25) is 0 Å². The first-order valence-electron chi connectivity index (χ1n) is 11.6. The topological polar surface area (TPSA) is 9.23 Å². The second-order valence-corrected chi connectivity index (χ2v) is 9.76. The van der Waals surface area contributed by atoms with E-state index < -0.39 is 0 Å². The summed E-state index contributed by atoms with van der Waals surface area (Å²) in [5, 5.41) is 0.866. The van der Waals surface area contributed by atoms with E-state index >= 15 is 0 Å². The summed E-state index contributed by atoms with van der Waals surface area (Å²) in [7, 11) is 7.43. The Morgan fingerprint density at radius 3 is 1.50 bits per heavy atom. The fourth-order valence-corrected chi connectivity index (χ4v) is 5.01. The first-order valence-corrected chi connectivity index (χ1v) is 12.7. The van der Waals surface area contributed by atoms with Crippen LogP contribution in [-0.4, -0.2) is 7.11 Å². The molecule has 0 saturated heterocycles. The Hall–Kier alpha value is -2.81. The fraction of sp³-hybridized carbons (Fsp3) is 0.0625.